The van der Waals surface area contributed by atoms with E-state index in [1.807, 2.05) is 0 Å². The summed E-state index contributed by atoms with van der Waals surface area (Å²) in [5.74, 6) is 6.98. The Morgan fingerprint density at radius 3 is 2.62 bits per heavy atom. The van der Waals surface area contributed by atoms with Crippen molar-refractivity contribution in [2.24, 2.45) is 5.92 Å². The molecule has 0 unspecified atom stereocenters. The number of hydrogen-bond donors (Lipinski definition) is 1. The van der Waals surface area contributed by atoms with Gasteiger partial charge >= 0.3 is 0 Å². The van der Waals surface area contributed by atoms with Gasteiger partial charge in [-0.15, -0.1) is 0 Å². The number of piperidine rings is 2. The highest BCUT2D eigenvalue weighted by molar-refractivity contribution is 5.20. The maximum atomic E-state index is 11.1. The van der Waals surface area contributed by atoms with Gasteiger partial charge in [0.2, 0.25) is 0 Å². The van der Waals surface area contributed by atoms with E-state index in [1.54, 1.807) is 0 Å². The molecule has 2 heterocycles. The van der Waals surface area contributed by atoms with E-state index in [2.05, 4.69) is 28.7 Å². The Kier molecular flexibility index (Phi) is 4.88. The average Bonchev–Trinajstić information content (AvgIpc) is 2.53. The van der Waals surface area contributed by atoms with Gasteiger partial charge < -0.3 is 10.0 Å². The fourth-order valence-electron chi connectivity index (χ4n) is 4.47. The molecule has 0 radical (unpaired) electrons. The van der Waals surface area contributed by atoms with Crippen LogP contribution < -0.4 is 0 Å². The minimum atomic E-state index is -0.729. The van der Waals surface area contributed by atoms with Crippen LogP contribution in [0.15, 0.2) is 0 Å². The summed E-state index contributed by atoms with van der Waals surface area (Å²) in [5, 5.41) is 11.1. The number of fused-ring (bicyclic) bond motifs is 1. The molecule has 118 valence electrons. The van der Waals surface area contributed by atoms with Crippen LogP contribution in [0.5, 0.6) is 0 Å². The zero-order valence-corrected chi connectivity index (χ0v) is 13.5. The molecule has 0 bridgehead atoms. The summed E-state index contributed by atoms with van der Waals surface area (Å²) in [6, 6.07) is 0.543. The first-order valence-electron chi connectivity index (χ1n) is 8.84. The Balaban J connectivity index is 1.64. The Morgan fingerprint density at radius 1 is 1.05 bits per heavy atom. The summed E-state index contributed by atoms with van der Waals surface area (Å²) < 4.78 is 0. The average molecular weight is 290 g/mol. The molecule has 1 aliphatic carbocycles. The SMILES string of the molecule is CN1CC[C@@](O)(C#CCN2CCCCC2)[C@H]2CCCC[C@@H]21. The van der Waals surface area contributed by atoms with Crippen molar-refractivity contribution in [2.75, 3.05) is 33.2 Å². The first kappa shape index (κ1) is 15.3. The van der Waals surface area contributed by atoms with Gasteiger partial charge in [0.1, 0.15) is 5.60 Å². The molecular weight excluding hydrogens is 260 g/mol. The predicted octanol–water partition coefficient (Wildman–Crippen LogP) is 2.10. The van der Waals surface area contributed by atoms with Gasteiger partial charge in [0.15, 0.2) is 0 Å². The standard InChI is InChI=1S/C18H30N2O/c1-19-15-11-18(21,16-8-3-4-9-17(16)19)10-7-14-20-12-5-2-6-13-20/h16-17,21H,2-6,8-9,11-15H2,1H3/t16-,17-,18-/m0/s1. The van der Waals surface area contributed by atoms with Crippen LogP contribution in [-0.4, -0.2) is 59.8 Å². The minimum absolute atomic E-state index is 0.360. The van der Waals surface area contributed by atoms with Crippen molar-refractivity contribution >= 4 is 0 Å². The Labute approximate surface area is 129 Å². The highest BCUT2D eigenvalue weighted by Gasteiger charge is 2.46. The van der Waals surface area contributed by atoms with Crippen LogP contribution in [0.2, 0.25) is 0 Å². The summed E-state index contributed by atoms with van der Waals surface area (Å²) in [4.78, 5) is 4.89. The monoisotopic (exact) mass is 290 g/mol. The van der Waals surface area contributed by atoms with Crippen molar-refractivity contribution in [1.82, 2.24) is 9.80 Å². The van der Waals surface area contributed by atoms with Gasteiger partial charge in [0.05, 0.1) is 6.54 Å². The second kappa shape index (κ2) is 6.69. The molecule has 1 saturated carbocycles. The molecule has 0 aromatic carbocycles. The summed E-state index contributed by atoms with van der Waals surface area (Å²) in [7, 11) is 2.21. The van der Waals surface area contributed by atoms with Crippen molar-refractivity contribution in [3.63, 3.8) is 0 Å². The second-order valence-corrected chi connectivity index (χ2v) is 7.25. The van der Waals surface area contributed by atoms with Gasteiger partial charge in [-0.3, -0.25) is 4.90 Å². The molecule has 0 amide bonds. The first-order chi connectivity index (χ1) is 10.2. The topological polar surface area (TPSA) is 26.7 Å². The smallest absolute Gasteiger partial charge is 0.131 e. The van der Waals surface area contributed by atoms with Crippen molar-refractivity contribution in [3.8, 4) is 11.8 Å². The van der Waals surface area contributed by atoms with E-state index in [0.29, 0.717) is 12.0 Å². The van der Waals surface area contributed by atoms with Crippen LogP contribution in [0.25, 0.3) is 0 Å². The van der Waals surface area contributed by atoms with E-state index in [1.165, 1.54) is 51.6 Å². The Morgan fingerprint density at radius 2 is 1.81 bits per heavy atom. The lowest BCUT2D eigenvalue weighted by Crippen LogP contribution is -2.57. The van der Waals surface area contributed by atoms with Crippen molar-refractivity contribution < 1.29 is 5.11 Å². The molecule has 3 atom stereocenters. The molecule has 1 N–H and O–H groups in total. The third kappa shape index (κ3) is 3.44. The van der Waals surface area contributed by atoms with Crippen LogP contribution in [0.4, 0.5) is 0 Å². The van der Waals surface area contributed by atoms with E-state index < -0.39 is 5.60 Å². The quantitative estimate of drug-likeness (QED) is 0.749. The molecule has 0 aromatic rings. The van der Waals surface area contributed by atoms with Gasteiger partial charge in [0, 0.05) is 24.9 Å². The van der Waals surface area contributed by atoms with Crippen molar-refractivity contribution in [1.29, 1.82) is 0 Å². The van der Waals surface area contributed by atoms with Gasteiger partial charge in [-0.05, 0) is 45.8 Å². The van der Waals surface area contributed by atoms with E-state index >= 15 is 0 Å². The third-order valence-electron chi connectivity index (χ3n) is 5.81. The van der Waals surface area contributed by atoms with Crippen molar-refractivity contribution in [3.05, 3.63) is 0 Å². The molecule has 3 rings (SSSR count). The van der Waals surface area contributed by atoms with Gasteiger partial charge in [-0.2, -0.15) is 0 Å². The number of nitrogens with zero attached hydrogens (tertiary/aromatic N) is 2. The summed E-state index contributed by atoms with van der Waals surface area (Å²) in [6.07, 6.45) is 9.74. The maximum Gasteiger partial charge on any atom is 0.131 e. The molecule has 21 heavy (non-hydrogen) atoms. The first-order valence-corrected chi connectivity index (χ1v) is 8.84. The van der Waals surface area contributed by atoms with Gasteiger partial charge in [-0.1, -0.05) is 31.1 Å². The van der Waals surface area contributed by atoms with E-state index in [9.17, 15) is 5.11 Å². The van der Waals surface area contributed by atoms with E-state index in [4.69, 9.17) is 0 Å². The number of hydrogen-bond acceptors (Lipinski definition) is 3. The van der Waals surface area contributed by atoms with Crippen molar-refractivity contribution in [2.45, 2.75) is 63.0 Å². The lowest BCUT2D eigenvalue weighted by atomic mass is 9.69. The normalized spacial score (nSPS) is 38.4. The largest absolute Gasteiger partial charge is 0.377 e. The molecule has 3 heteroatoms. The minimum Gasteiger partial charge on any atom is -0.377 e. The fourth-order valence-corrected chi connectivity index (χ4v) is 4.47. The molecule has 0 spiro atoms. The fraction of sp³-hybridized carbons (Fsp3) is 0.889. The van der Waals surface area contributed by atoms with E-state index in [-0.39, 0.29) is 0 Å². The molecule has 2 aliphatic heterocycles. The summed E-state index contributed by atoms with van der Waals surface area (Å²) in [6.45, 7) is 4.19. The second-order valence-electron chi connectivity index (χ2n) is 7.25. The summed E-state index contributed by atoms with van der Waals surface area (Å²) in [5.41, 5.74) is -0.729. The number of likely N-dealkylation sites (tertiary alicyclic amines) is 2. The molecule has 0 aromatic heterocycles. The van der Waals surface area contributed by atoms with Crippen LogP contribution in [0.1, 0.15) is 51.4 Å². The van der Waals surface area contributed by atoms with Crippen LogP contribution in [-0.2, 0) is 0 Å². The highest BCUT2D eigenvalue weighted by atomic mass is 16.3. The summed E-state index contributed by atoms with van der Waals surface area (Å²) >= 11 is 0. The maximum absolute atomic E-state index is 11.1. The van der Waals surface area contributed by atoms with E-state index in [0.717, 1.165) is 25.9 Å². The highest BCUT2D eigenvalue weighted by Crippen LogP contribution is 2.40. The third-order valence-corrected chi connectivity index (χ3v) is 5.81. The molecule has 3 nitrogen and oxygen atoms in total. The van der Waals surface area contributed by atoms with Gasteiger partial charge in [-0.25, -0.2) is 0 Å². The van der Waals surface area contributed by atoms with Gasteiger partial charge in [0.25, 0.3) is 0 Å². The Hall–Kier alpha value is -0.560. The lowest BCUT2D eigenvalue weighted by Gasteiger charge is -2.49. The predicted molar refractivity (Wildman–Crippen MR) is 86.0 cm³/mol. The zero-order valence-electron chi connectivity index (χ0n) is 13.5. The molecular formula is C18H30N2O. The lowest BCUT2D eigenvalue weighted by molar-refractivity contribution is -0.0701. The number of rotatable bonds is 1. The van der Waals surface area contributed by atoms with Crippen LogP contribution in [0, 0.1) is 17.8 Å². The molecule has 3 aliphatic rings. The molecule has 3 fully saturated rings. The zero-order chi connectivity index (χ0) is 14.7. The van der Waals surface area contributed by atoms with Crippen LogP contribution >= 0.6 is 0 Å². The molecule has 2 saturated heterocycles. The Bertz CT molecular complexity index is 407. The number of aliphatic hydroxyl groups is 1. The van der Waals surface area contributed by atoms with Crippen LogP contribution in [0.3, 0.4) is 0 Å².